The Morgan fingerprint density at radius 1 is 1.15 bits per heavy atom. The second-order valence-corrected chi connectivity index (χ2v) is 7.02. The zero-order chi connectivity index (χ0) is 18.9. The van der Waals surface area contributed by atoms with Gasteiger partial charge in [0, 0.05) is 17.2 Å². The zero-order valence-corrected chi connectivity index (χ0v) is 16.2. The number of carbonyl (C=O) groups excluding carboxylic acids is 2. The smallest absolute Gasteiger partial charge is 0.315 e. The fraction of sp³-hybridized carbons (Fsp3) is 0.263. The number of hydrogen-bond donors (Lipinski definition) is 1. The highest BCUT2D eigenvalue weighted by Crippen LogP contribution is 2.32. The second-order valence-electron chi connectivity index (χ2n) is 5.48. The first-order chi connectivity index (χ1) is 12.5. The number of methoxy groups -OCH3 is 1. The molecular weight excluding hydrogens is 374 g/mol. The molecule has 0 heterocycles. The molecule has 138 valence electrons. The van der Waals surface area contributed by atoms with Crippen LogP contribution in [0.4, 0.5) is 5.69 Å². The average Bonchev–Trinajstić information content (AvgIpc) is 2.62. The molecule has 2 aromatic rings. The summed E-state index contributed by atoms with van der Waals surface area (Å²) in [6, 6.07) is 12.7. The molecule has 0 saturated heterocycles. The molecule has 0 aliphatic heterocycles. The van der Waals surface area contributed by atoms with Crippen LogP contribution < -0.4 is 10.1 Å². The lowest BCUT2D eigenvalue weighted by Crippen LogP contribution is -2.13. The van der Waals surface area contributed by atoms with E-state index in [2.05, 4.69) is 10.1 Å². The highest BCUT2D eigenvalue weighted by Gasteiger charge is 2.11. The quantitative estimate of drug-likeness (QED) is 0.521. The van der Waals surface area contributed by atoms with E-state index in [1.165, 1.54) is 18.9 Å². The minimum Gasteiger partial charge on any atom is -0.468 e. The van der Waals surface area contributed by atoms with Gasteiger partial charge in [-0.25, -0.2) is 0 Å². The van der Waals surface area contributed by atoms with Crippen LogP contribution in [0.25, 0.3) is 0 Å². The van der Waals surface area contributed by atoms with Gasteiger partial charge in [0.1, 0.15) is 5.75 Å². The molecule has 2 rings (SSSR count). The molecule has 0 aromatic heterocycles. The molecule has 26 heavy (non-hydrogen) atoms. The summed E-state index contributed by atoms with van der Waals surface area (Å²) in [5.41, 5.74) is 1.63. The van der Waals surface area contributed by atoms with E-state index in [0.29, 0.717) is 28.0 Å². The summed E-state index contributed by atoms with van der Waals surface area (Å²) in [5.74, 6) is 1.42. The van der Waals surface area contributed by atoms with Gasteiger partial charge in [0.05, 0.1) is 18.6 Å². The molecule has 7 heteroatoms. The molecule has 1 N–H and O–H groups in total. The fourth-order valence-corrected chi connectivity index (χ4v) is 2.94. The van der Waals surface area contributed by atoms with Crippen LogP contribution in [0, 0.1) is 6.92 Å². The Balaban J connectivity index is 1.97. The summed E-state index contributed by atoms with van der Waals surface area (Å²) < 4.78 is 10.4. The van der Waals surface area contributed by atoms with Gasteiger partial charge in [0.15, 0.2) is 5.75 Å². The lowest BCUT2D eigenvalue weighted by molar-refractivity contribution is -0.137. The molecule has 0 radical (unpaired) electrons. The van der Waals surface area contributed by atoms with E-state index in [1.54, 1.807) is 18.2 Å². The van der Waals surface area contributed by atoms with E-state index in [-0.39, 0.29) is 24.1 Å². The number of amides is 1. The Labute approximate surface area is 162 Å². The Morgan fingerprint density at radius 3 is 2.58 bits per heavy atom. The summed E-state index contributed by atoms with van der Waals surface area (Å²) in [7, 11) is 1.34. The van der Waals surface area contributed by atoms with Crippen LogP contribution in [0.2, 0.25) is 5.02 Å². The number of hydrogen-bond acceptors (Lipinski definition) is 5. The first-order valence-corrected chi connectivity index (χ1v) is 9.49. The van der Waals surface area contributed by atoms with Gasteiger partial charge in [-0.3, -0.25) is 9.59 Å². The number of halogens is 1. The Morgan fingerprint density at radius 2 is 1.88 bits per heavy atom. The molecule has 1 amide bonds. The van der Waals surface area contributed by atoms with Crippen LogP contribution >= 0.6 is 23.4 Å². The van der Waals surface area contributed by atoms with Gasteiger partial charge in [-0.15, -0.1) is 11.8 Å². The van der Waals surface area contributed by atoms with Gasteiger partial charge in [0.2, 0.25) is 5.91 Å². The third-order valence-electron chi connectivity index (χ3n) is 3.39. The standard InChI is InChI=1S/C19H20ClNO4S/c1-13-3-6-15(7-4-13)25-17-8-5-14(20)11-16(17)21-18(22)9-10-26-12-19(23)24-2/h3-8,11H,9-10,12H2,1-2H3,(H,21,22). The summed E-state index contributed by atoms with van der Waals surface area (Å²) in [4.78, 5) is 23.2. The van der Waals surface area contributed by atoms with Crippen molar-refractivity contribution < 1.29 is 19.1 Å². The van der Waals surface area contributed by atoms with Crippen molar-refractivity contribution in [3.05, 3.63) is 53.1 Å². The number of ether oxygens (including phenoxy) is 2. The SMILES string of the molecule is COC(=O)CSCCC(=O)Nc1cc(Cl)ccc1Oc1ccc(C)cc1. The third-order valence-corrected chi connectivity index (χ3v) is 4.55. The molecule has 0 spiro atoms. The van der Waals surface area contributed by atoms with E-state index >= 15 is 0 Å². The van der Waals surface area contributed by atoms with Crippen molar-refractivity contribution in [1.82, 2.24) is 0 Å². The summed E-state index contributed by atoms with van der Waals surface area (Å²) in [6.45, 7) is 2.00. The van der Waals surface area contributed by atoms with Crippen LogP contribution in [0.5, 0.6) is 11.5 Å². The Bertz CT molecular complexity index is 765. The molecule has 0 aliphatic carbocycles. The number of aryl methyl sites for hydroxylation is 1. The van der Waals surface area contributed by atoms with Crippen molar-refractivity contribution in [3.63, 3.8) is 0 Å². The Hall–Kier alpha value is -2.18. The maximum atomic E-state index is 12.1. The topological polar surface area (TPSA) is 64.6 Å². The zero-order valence-electron chi connectivity index (χ0n) is 14.6. The highest BCUT2D eigenvalue weighted by molar-refractivity contribution is 7.99. The number of anilines is 1. The molecule has 0 fully saturated rings. The van der Waals surface area contributed by atoms with E-state index in [0.717, 1.165) is 5.56 Å². The number of nitrogens with one attached hydrogen (secondary N) is 1. The average molecular weight is 394 g/mol. The maximum absolute atomic E-state index is 12.1. The third kappa shape index (κ3) is 6.61. The maximum Gasteiger partial charge on any atom is 0.315 e. The van der Waals surface area contributed by atoms with Crippen LogP contribution in [0.15, 0.2) is 42.5 Å². The van der Waals surface area contributed by atoms with Crippen molar-refractivity contribution >= 4 is 40.9 Å². The number of esters is 1. The summed E-state index contributed by atoms with van der Waals surface area (Å²) in [6.07, 6.45) is 0.262. The minimum atomic E-state index is -0.306. The number of carbonyl (C=O) groups is 2. The van der Waals surface area contributed by atoms with Gasteiger partial charge >= 0.3 is 5.97 Å². The molecule has 2 aromatic carbocycles. The van der Waals surface area contributed by atoms with Crippen LogP contribution in [0.3, 0.4) is 0 Å². The van der Waals surface area contributed by atoms with Gasteiger partial charge in [-0.1, -0.05) is 29.3 Å². The molecule has 0 unspecified atom stereocenters. The van der Waals surface area contributed by atoms with Gasteiger partial charge in [0.25, 0.3) is 0 Å². The van der Waals surface area contributed by atoms with Gasteiger partial charge in [-0.2, -0.15) is 0 Å². The van der Waals surface area contributed by atoms with E-state index in [9.17, 15) is 9.59 Å². The van der Waals surface area contributed by atoms with Crippen molar-refractivity contribution in [2.45, 2.75) is 13.3 Å². The molecule has 0 aliphatic rings. The first kappa shape index (κ1) is 20.1. The normalized spacial score (nSPS) is 10.3. The summed E-state index contributed by atoms with van der Waals surface area (Å²) in [5, 5.41) is 3.30. The predicted octanol–water partition coefficient (Wildman–Crippen LogP) is 4.68. The number of thioether (sulfide) groups is 1. The lowest BCUT2D eigenvalue weighted by Gasteiger charge is -2.13. The molecule has 0 saturated carbocycles. The highest BCUT2D eigenvalue weighted by atomic mass is 35.5. The second kappa shape index (κ2) is 10.1. The van der Waals surface area contributed by atoms with Crippen molar-refractivity contribution in [3.8, 4) is 11.5 Å². The van der Waals surface area contributed by atoms with Crippen molar-refractivity contribution in [2.24, 2.45) is 0 Å². The number of rotatable bonds is 8. The largest absolute Gasteiger partial charge is 0.468 e. The Kier molecular flexibility index (Phi) is 7.81. The van der Waals surface area contributed by atoms with Gasteiger partial charge in [-0.05, 0) is 37.3 Å². The summed E-state index contributed by atoms with van der Waals surface area (Å²) >= 11 is 7.38. The van der Waals surface area contributed by atoms with E-state index < -0.39 is 0 Å². The minimum absolute atomic E-state index is 0.182. The lowest BCUT2D eigenvalue weighted by atomic mass is 10.2. The van der Waals surface area contributed by atoms with E-state index in [1.807, 2.05) is 31.2 Å². The van der Waals surface area contributed by atoms with Gasteiger partial charge < -0.3 is 14.8 Å². The fourth-order valence-electron chi connectivity index (χ4n) is 2.01. The number of benzene rings is 2. The van der Waals surface area contributed by atoms with Crippen LogP contribution in [-0.2, 0) is 14.3 Å². The van der Waals surface area contributed by atoms with Crippen LogP contribution in [-0.4, -0.2) is 30.5 Å². The predicted molar refractivity (Wildman–Crippen MR) is 105 cm³/mol. The molecule has 0 atom stereocenters. The molecule has 5 nitrogen and oxygen atoms in total. The van der Waals surface area contributed by atoms with Crippen molar-refractivity contribution in [2.75, 3.05) is 23.9 Å². The monoisotopic (exact) mass is 393 g/mol. The first-order valence-electron chi connectivity index (χ1n) is 7.96. The van der Waals surface area contributed by atoms with Crippen molar-refractivity contribution in [1.29, 1.82) is 0 Å². The molecular formula is C19H20ClNO4S. The van der Waals surface area contributed by atoms with E-state index in [4.69, 9.17) is 16.3 Å². The molecule has 0 bridgehead atoms. The van der Waals surface area contributed by atoms with Crippen LogP contribution in [0.1, 0.15) is 12.0 Å².